The van der Waals surface area contributed by atoms with Crippen LogP contribution in [0.5, 0.6) is 0 Å². The normalized spacial score (nSPS) is 25.1. The lowest BCUT2D eigenvalue weighted by Crippen LogP contribution is -2.43. The van der Waals surface area contributed by atoms with Crippen LogP contribution in [0.2, 0.25) is 0 Å². The van der Waals surface area contributed by atoms with Gasteiger partial charge in [-0.2, -0.15) is 4.98 Å². The Bertz CT molecular complexity index is 1130. The first-order valence-corrected chi connectivity index (χ1v) is 9.88. The number of esters is 3. The molecule has 172 valence electrons. The van der Waals surface area contributed by atoms with Crippen LogP contribution in [0.15, 0.2) is 59.5 Å². The fourth-order valence-electron chi connectivity index (χ4n) is 3.47. The number of fused-ring (bicyclic) bond motifs is 1. The minimum atomic E-state index is -1.23. The van der Waals surface area contributed by atoms with Gasteiger partial charge >= 0.3 is 23.6 Å². The summed E-state index contributed by atoms with van der Waals surface area (Å²) in [6.45, 7) is -0.323. The molecule has 4 atom stereocenters. The molecule has 0 saturated carbocycles. The van der Waals surface area contributed by atoms with E-state index in [9.17, 15) is 19.2 Å². The lowest BCUT2D eigenvalue weighted by molar-refractivity contribution is -0.165. The molecular weight excluding hydrogens is 438 g/mol. The third-order valence-corrected chi connectivity index (χ3v) is 4.96. The molecule has 12 nitrogen and oxygen atoms in total. The van der Waals surface area contributed by atoms with Crippen LogP contribution in [0.4, 0.5) is 5.82 Å². The number of carbonyl (C=O) groups is 3. The Balaban J connectivity index is 1.55. The van der Waals surface area contributed by atoms with Gasteiger partial charge in [0.15, 0.2) is 24.3 Å². The third-order valence-electron chi connectivity index (χ3n) is 4.96. The Morgan fingerprint density at radius 3 is 2.42 bits per heavy atom. The van der Waals surface area contributed by atoms with Crippen LogP contribution in [0.3, 0.4) is 0 Å². The summed E-state index contributed by atoms with van der Waals surface area (Å²) < 4.78 is 22.9. The number of benzene rings is 1. The Morgan fingerprint density at radius 2 is 1.76 bits per heavy atom. The van der Waals surface area contributed by atoms with Crippen molar-refractivity contribution < 1.29 is 38.5 Å². The number of ether oxygens (including phenoxy) is 4. The van der Waals surface area contributed by atoms with Crippen LogP contribution in [0.25, 0.3) is 0 Å². The maximum Gasteiger partial charge on any atom is 0.351 e. The van der Waals surface area contributed by atoms with E-state index >= 15 is 0 Å². The molecule has 2 aliphatic heterocycles. The van der Waals surface area contributed by atoms with E-state index in [1.807, 2.05) is 6.07 Å². The maximum absolute atomic E-state index is 12.4. The van der Waals surface area contributed by atoms with E-state index in [1.165, 1.54) is 12.3 Å². The first-order valence-electron chi connectivity index (χ1n) is 9.88. The summed E-state index contributed by atoms with van der Waals surface area (Å²) in [5, 5.41) is 8.93. The predicted octanol–water partition coefficient (Wildman–Crippen LogP) is 0.121. The van der Waals surface area contributed by atoms with Gasteiger partial charge in [0.1, 0.15) is 12.7 Å². The molecule has 1 aromatic carbocycles. The van der Waals surface area contributed by atoms with E-state index in [2.05, 4.69) is 4.98 Å². The number of hydrogen-bond acceptors (Lipinski definition) is 11. The Labute approximate surface area is 186 Å². The van der Waals surface area contributed by atoms with Crippen molar-refractivity contribution >= 4 is 23.7 Å². The highest BCUT2D eigenvalue weighted by molar-refractivity contribution is 5.92. The summed E-state index contributed by atoms with van der Waals surface area (Å²) in [7, 11) is 0. The van der Waals surface area contributed by atoms with Crippen LogP contribution in [0, 0.1) is 0 Å². The summed E-state index contributed by atoms with van der Waals surface area (Å²) >= 11 is 0. The lowest BCUT2D eigenvalue weighted by atomic mass is 10.1. The van der Waals surface area contributed by atoms with E-state index in [0.29, 0.717) is 0 Å². The highest BCUT2D eigenvalue weighted by atomic mass is 16.7. The number of carbonyl (C=O) groups excluding carboxylic acids is 3. The molecule has 2 N–H and O–H groups in total. The molecule has 2 aliphatic rings. The average molecular weight is 457 g/mol. The maximum atomic E-state index is 12.4. The minimum Gasteiger partial charge on any atom is -0.463 e. The first-order chi connectivity index (χ1) is 15.9. The van der Waals surface area contributed by atoms with Gasteiger partial charge in [-0.3, -0.25) is 20.0 Å². The number of aromatic nitrogens is 2. The molecule has 1 saturated heterocycles. The van der Waals surface area contributed by atoms with Crippen molar-refractivity contribution in [3.63, 3.8) is 0 Å². The second kappa shape index (κ2) is 9.63. The standard InChI is InChI=1S/C21H19N3O9/c25-15-6-7-16(26)33-19-18(32-15)13(11-30-17(27)10-12-4-2-1-3-5-12)31-20(19)24-9-8-14(23-29)22-21(24)28/h1-9,13,18-20,29H,10-11H2,(H,22,23,28)/b7-6-/t13-,18-,19-,20-/m1/s1. The topological polar surface area (TPSA) is 155 Å². The van der Waals surface area contributed by atoms with Crippen molar-refractivity contribution in [2.45, 2.75) is 31.0 Å². The molecule has 0 radical (unpaired) electrons. The van der Waals surface area contributed by atoms with E-state index in [0.717, 1.165) is 22.3 Å². The van der Waals surface area contributed by atoms with Crippen molar-refractivity contribution in [1.29, 1.82) is 0 Å². The Kier molecular flexibility index (Phi) is 6.47. The zero-order valence-electron chi connectivity index (χ0n) is 17.0. The van der Waals surface area contributed by atoms with Gasteiger partial charge in [-0.25, -0.2) is 14.4 Å². The monoisotopic (exact) mass is 457 g/mol. The van der Waals surface area contributed by atoms with E-state index < -0.39 is 48.1 Å². The summed E-state index contributed by atoms with van der Waals surface area (Å²) in [6.07, 6.45) is -1.59. The SMILES string of the molecule is O=C1/C=C\C(=O)O[C@H]2[C@@H](O1)[C@H](n1ccc(NO)nc1=O)O[C@@H]2COC(=O)Cc1ccccc1. The van der Waals surface area contributed by atoms with Crippen molar-refractivity contribution in [3.8, 4) is 0 Å². The zero-order chi connectivity index (χ0) is 23.4. The fourth-order valence-corrected chi connectivity index (χ4v) is 3.47. The second-order valence-electron chi connectivity index (χ2n) is 7.16. The molecule has 3 heterocycles. The molecule has 0 bridgehead atoms. The van der Waals surface area contributed by atoms with Crippen LogP contribution in [0.1, 0.15) is 11.8 Å². The number of hydrogen-bond donors (Lipinski definition) is 2. The van der Waals surface area contributed by atoms with Gasteiger partial charge < -0.3 is 18.9 Å². The molecule has 4 rings (SSSR count). The van der Waals surface area contributed by atoms with Crippen molar-refractivity contribution in [1.82, 2.24) is 9.55 Å². The predicted molar refractivity (Wildman–Crippen MR) is 108 cm³/mol. The summed E-state index contributed by atoms with van der Waals surface area (Å²) in [6, 6.07) is 10.2. The van der Waals surface area contributed by atoms with Crippen molar-refractivity contribution in [2.75, 3.05) is 12.1 Å². The van der Waals surface area contributed by atoms with Crippen LogP contribution in [-0.2, 0) is 39.8 Å². The van der Waals surface area contributed by atoms with E-state index in [4.69, 9.17) is 24.2 Å². The van der Waals surface area contributed by atoms with Gasteiger partial charge in [0.05, 0.1) is 6.42 Å². The average Bonchev–Trinajstić information content (AvgIpc) is 3.11. The number of anilines is 1. The summed E-state index contributed by atoms with van der Waals surface area (Å²) in [4.78, 5) is 52.4. The van der Waals surface area contributed by atoms with Gasteiger partial charge in [-0.1, -0.05) is 30.3 Å². The number of nitrogens with zero attached hydrogens (tertiary/aromatic N) is 2. The molecule has 1 aromatic heterocycles. The summed E-state index contributed by atoms with van der Waals surface area (Å²) in [5.74, 6) is -2.32. The minimum absolute atomic E-state index is 0.0155. The highest BCUT2D eigenvalue weighted by Crippen LogP contribution is 2.34. The molecule has 0 unspecified atom stereocenters. The molecule has 0 spiro atoms. The molecular formula is C21H19N3O9. The van der Waals surface area contributed by atoms with Gasteiger partial charge in [0, 0.05) is 18.3 Å². The molecule has 0 amide bonds. The molecule has 12 heteroatoms. The van der Waals surface area contributed by atoms with Crippen molar-refractivity contribution in [2.24, 2.45) is 0 Å². The Morgan fingerprint density at radius 1 is 1.06 bits per heavy atom. The highest BCUT2D eigenvalue weighted by Gasteiger charge is 2.51. The van der Waals surface area contributed by atoms with Gasteiger partial charge in [-0.05, 0) is 11.6 Å². The Hall–Kier alpha value is -4.03. The molecule has 1 fully saturated rings. The van der Waals surface area contributed by atoms with Crippen LogP contribution >= 0.6 is 0 Å². The molecule has 2 aromatic rings. The van der Waals surface area contributed by atoms with Crippen LogP contribution < -0.4 is 11.2 Å². The summed E-state index contributed by atoms with van der Waals surface area (Å²) in [5.41, 5.74) is 1.66. The molecule has 0 aliphatic carbocycles. The first kappa shape index (κ1) is 22.2. The van der Waals surface area contributed by atoms with E-state index in [1.54, 1.807) is 29.7 Å². The van der Waals surface area contributed by atoms with Gasteiger partial charge in [-0.15, -0.1) is 0 Å². The quantitative estimate of drug-likeness (QED) is 0.345. The largest absolute Gasteiger partial charge is 0.463 e. The number of rotatable bonds is 6. The molecule has 33 heavy (non-hydrogen) atoms. The van der Waals surface area contributed by atoms with Crippen molar-refractivity contribution in [3.05, 3.63) is 70.8 Å². The fraction of sp³-hybridized carbons (Fsp3) is 0.286. The van der Waals surface area contributed by atoms with E-state index in [-0.39, 0.29) is 18.8 Å². The number of nitrogens with one attached hydrogen (secondary N) is 1. The zero-order valence-corrected chi connectivity index (χ0v) is 17.0. The van der Waals surface area contributed by atoms with Gasteiger partial charge in [0.2, 0.25) is 0 Å². The van der Waals surface area contributed by atoms with Gasteiger partial charge in [0.25, 0.3) is 0 Å². The second-order valence-corrected chi connectivity index (χ2v) is 7.16. The lowest BCUT2D eigenvalue weighted by Gasteiger charge is -2.25. The van der Waals surface area contributed by atoms with Crippen LogP contribution in [-0.4, -0.2) is 57.6 Å². The third kappa shape index (κ3) is 5.07. The smallest absolute Gasteiger partial charge is 0.351 e.